The van der Waals surface area contributed by atoms with Gasteiger partial charge in [-0.2, -0.15) is 0 Å². The number of fused-ring (bicyclic) bond motifs is 3. The van der Waals surface area contributed by atoms with Crippen molar-refractivity contribution in [3.8, 4) is 17.2 Å². The normalized spacial score (nSPS) is 16.5. The molecule has 7 heteroatoms. The van der Waals surface area contributed by atoms with E-state index in [1.165, 1.54) is 6.92 Å². The van der Waals surface area contributed by atoms with Gasteiger partial charge in [-0.25, -0.2) is 4.79 Å². The summed E-state index contributed by atoms with van der Waals surface area (Å²) < 4.78 is 17.6. The summed E-state index contributed by atoms with van der Waals surface area (Å²) in [5.74, 6) is 0.0607. The van der Waals surface area contributed by atoms with E-state index in [2.05, 4.69) is 0 Å². The number of esters is 2. The van der Waals surface area contributed by atoms with Crippen LogP contribution in [0, 0.1) is 5.92 Å². The maximum Gasteiger partial charge on any atom is 0.328 e. The van der Waals surface area contributed by atoms with E-state index < -0.39 is 18.0 Å². The molecule has 2 atom stereocenters. The Kier molecular flexibility index (Phi) is 7.37. The molecule has 0 aromatic heterocycles. The summed E-state index contributed by atoms with van der Waals surface area (Å²) >= 11 is 0. The largest absolute Gasteiger partial charge is 0.487 e. The van der Waals surface area contributed by atoms with E-state index in [9.17, 15) is 9.59 Å². The van der Waals surface area contributed by atoms with Crippen molar-refractivity contribution in [3.63, 3.8) is 0 Å². The van der Waals surface area contributed by atoms with Crippen LogP contribution in [0.4, 0.5) is 0 Å². The lowest BCUT2D eigenvalue weighted by atomic mass is 9.91. The average molecular weight is 436 g/mol. The molecule has 1 aliphatic heterocycles. The predicted octanol–water partition coefficient (Wildman–Crippen LogP) is 4.57. The lowest BCUT2D eigenvalue weighted by molar-refractivity contribution is -0.138. The molecule has 2 aromatic carbocycles. The van der Waals surface area contributed by atoms with Crippen LogP contribution in [0.2, 0.25) is 0 Å². The molecule has 0 saturated heterocycles. The number of halogens is 1. The molecule has 164 valence electrons. The smallest absolute Gasteiger partial charge is 0.328 e. The van der Waals surface area contributed by atoms with Gasteiger partial charge in [-0.1, -0.05) is 44.5 Å². The molecule has 2 aromatic rings. The summed E-state index contributed by atoms with van der Waals surface area (Å²) in [6.45, 7) is 9.24. The molecule has 2 N–H and O–H groups in total. The Morgan fingerprint density at radius 2 is 1.80 bits per heavy atom. The van der Waals surface area contributed by atoms with Gasteiger partial charge < -0.3 is 19.9 Å². The molecule has 1 aliphatic rings. The second kappa shape index (κ2) is 9.23. The van der Waals surface area contributed by atoms with Gasteiger partial charge in [0.15, 0.2) is 11.5 Å². The van der Waals surface area contributed by atoms with Gasteiger partial charge in [-0.15, -0.1) is 12.4 Å². The molecule has 1 heterocycles. The standard InChI is InChI=1S/C23H29NO5.ClH/c1-6-13(2)18(24)22(26)28-20-16-10-8-7-9-15(16)19-17(21(20)27-14(3)25)11-12-23(4,5)29-19;/h7-10,13,18H,6,11-12,24H2,1-5H3;1H. The van der Waals surface area contributed by atoms with Crippen LogP contribution in [0.3, 0.4) is 0 Å². The second-order valence-electron chi connectivity index (χ2n) is 8.30. The first-order valence-electron chi connectivity index (χ1n) is 10.1. The molecule has 6 nitrogen and oxygen atoms in total. The van der Waals surface area contributed by atoms with Crippen molar-refractivity contribution < 1.29 is 23.8 Å². The van der Waals surface area contributed by atoms with Gasteiger partial charge in [-0.05, 0) is 32.6 Å². The lowest BCUT2D eigenvalue weighted by Gasteiger charge is -2.34. The maximum atomic E-state index is 12.7. The van der Waals surface area contributed by atoms with Crippen molar-refractivity contribution in [2.24, 2.45) is 11.7 Å². The molecule has 0 bridgehead atoms. The van der Waals surface area contributed by atoms with Gasteiger partial charge >= 0.3 is 11.9 Å². The first kappa shape index (κ1) is 24.0. The van der Waals surface area contributed by atoms with E-state index in [1.54, 1.807) is 0 Å². The molecule has 30 heavy (non-hydrogen) atoms. The molecule has 0 fully saturated rings. The zero-order valence-corrected chi connectivity index (χ0v) is 18.9. The highest BCUT2D eigenvalue weighted by atomic mass is 35.5. The third-order valence-electron chi connectivity index (χ3n) is 5.50. The summed E-state index contributed by atoms with van der Waals surface area (Å²) in [6, 6.07) is 6.71. The number of nitrogens with two attached hydrogens (primary N) is 1. The molecule has 0 radical (unpaired) electrons. The van der Waals surface area contributed by atoms with Crippen molar-refractivity contribution in [1.29, 1.82) is 0 Å². The summed E-state index contributed by atoms with van der Waals surface area (Å²) in [7, 11) is 0. The highest BCUT2D eigenvalue weighted by Gasteiger charge is 2.34. The highest BCUT2D eigenvalue weighted by Crippen LogP contribution is 2.50. The Balaban J connectivity index is 0.00000320. The third kappa shape index (κ3) is 4.71. The van der Waals surface area contributed by atoms with Gasteiger partial charge in [0.25, 0.3) is 0 Å². The van der Waals surface area contributed by atoms with E-state index in [1.807, 2.05) is 52.0 Å². The Labute approximate surface area is 183 Å². The third-order valence-corrected chi connectivity index (χ3v) is 5.50. The van der Waals surface area contributed by atoms with Gasteiger partial charge in [0.2, 0.25) is 0 Å². The lowest BCUT2D eigenvalue weighted by Crippen LogP contribution is -2.39. The zero-order valence-electron chi connectivity index (χ0n) is 18.1. The van der Waals surface area contributed by atoms with Crippen LogP contribution in [-0.2, 0) is 16.0 Å². The summed E-state index contributed by atoms with van der Waals surface area (Å²) in [6.07, 6.45) is 2.13. The van der Waals surface area contributed by atoms with Crippen LogP contribution < -0.4 is 19.9 Å². The molecular weight excluding hydrogens is 406 g/mol. The second-order valence-corrected chi connectivity index (χ2v) is 8.30. The quantitative estimate of drug-likeness (QED) is 0.546. The number of hydrogen-bond acceptors (Lipinski definition) is 6. The van der Waals surface area contributed by atoms with Gasteiger partial charge in [0, 0.05) is 23.3 Å². The minimum atomic E-state index is -0.768. The molecule has 0 amide bonds. The highest BCUT2D eigenvalue weighted by molar-refractivity contribution is 6.00. The fourth-order valence-electron chi connectivity index (χ4n) is 3.51. The van der Waals surface area contributed by atoms with Crippen LogP contribution in [-0.4, -0.2) is 23.6 Å². The number of benzene rings is 2. The van der Waals surface area contributed by atoms with Crippen molar-refractivity contribution in [2.75, 3.05) is 0 Å². The monoisotopic (exact) mass is 435 g/mol. The Morgan fingerprint density at radius 3 is 2.40 bits per heavy atom. The van der Waals surface area contributed by atoms with Crippen molar-refractivity contribution in [3.05, 3.63) is 29.8 Å². The Bertz CT molecular complexity index is 956. The van der Waals surface area contributed by atoms with Gasteiger partial charge in [0.05, 0.1) is 0 Å². The fraction of sp³-hybridized carbons (Fsp3) is 0.478. The molecule has 0 aliphatic carbocycles. The maximum absolute atomic E-state index is 12.7. The van der Waals surface area contributed by atoms with Crippen molar-refractivity contribution in [2.45, 2.75) is 65.5 Å². The summed E-state index contributed by atoms with van der Waals surface area (Å²) in [5, 5.41) is 1.45. The molecule has 0 saturated carbocycles. The summed E-state index contributed by atoms with van der Waals surface area (Å²) in [5.41, 5.74) is 6.47. The number of hydrogen-bond donors (Lipinski definition) is 1. The number of carbonyl (C=O) groups is 2. The zero-order chi connectivity index (χ0) is 21.3. The van der Waals surface area contributed by atoms with E-state index in [0.717, 1.165) is 23.8 Å². The van der Waals surface area contributed by atoms with Crippen LogP contribution in [0.25, 0.3) is 10.8 Å². The minimum Gasteiger partial charge on any atom is -0.487 e. The minimum absolute atomic E-state index is 0. The molecular formula is C23H30ClNO5. The van der Waals surface area contributed by atoms with Crippen LogP contribution >= 0.6 is 12.4 Å². The number of carbonyl (C=O) groups excluding carboxylic acids is 2. The van der Waals surface area contributed by atoms with E-state index >= 15 is 0 Å². The van der Waals surface area contributed by atoms with Crippen LogP contribution in [0.15, 0.2) is 24.3 Å². The van der Waals surface area contributed by atoms with Gasteiger partial charge in [-0.3, -0.25) is 4.79 Å². The van der Waals surface area contributed by atoms with Gasteiger partial charge in [0.1, 0.15) is 17.4 Å². The van der Waals surface area contributed by atoms with Crippen molar-refractivity contribution in [1.82, 2.24) is 0 Å². The number of ether oxygens (including phenoxy) is 3. The SMILES string of the molecule is CCC(C)C(N)C(=O)Oc1c(OC(C)=O)c2c(c3ccccc13)OC(C)(C)CC2.Cl. The average Bonchev–Trinajstić information content (AvgIpc) is 2.68. The molecule has 3 rings (SSSR count). The van der Waals surface area contributed by atoms with E-state index in [-0.39, 0.29) is 35.4 Å². The predicted molar refractivity (Wildman–Crippen MR) is 119 cm³/mol. The number of rotatable bonds is 5. The topological polar surface area (TPSA) is 87.9 Å². The molecule has 2 unspecified atom stereocenters. The van der Waals surface area contributed by atoms with Crippen molar-refractivity contribution >= 4 is 35.1 Å². The summed E-state index contributed by atoms with van der Waals surface area (Å²) in [4.78, 5) is 24.6. The van der Waals surface area contributed by atoms with E-state index in [4.69, 9.17) is 19.9 Å². The van der Waals surface area contributed by atoms with Crippen LogP contribution in [0.1, 0.15) is 53.0 Å². The first-order valence-corrected chi connectivity index (χ1v) is 10.1. The Hall–Kier alpha value is -2.31. The van der Waals surface area contributed by atoms with Crippen LogP contribution in [0.5, 0.6) is 17.2 Å². The fourth-order valence-corrected chi connectivity index (χ4v) is 3.51. The first-order chi connectivity index (χ1) is 13.6. The van der Waals surface area contributed by atoms with E-state index in [0.29, 0.717) is 17.6 Å². The Morgan fingerprint density at radius 1 is 1.17 bits per heavy atom. The molecule has 0 spiro atoms.